The number of nitrogens with two attached hydrogens (primary N) is 1. The Kier molecular flexibility index (Phi) is 4.82. The fourth-order valence-corrected chi connectivity index (χ4v) is 2.45. The molecule has 0 unspecified atom stereocenters. The number of hydrogen-bond donors (Lipinski definition) is 3. The maximum absolute atomic E-state index is 12.0. The first kappa shape index (κ1) is 16.3. The molecular weight excluding hydrogens is 292 g/mol. The number of rotatable bonds is 4. The van der Waals surface area contributed by atoms with Crippen molar-refractivity contribution < 1.29 is 4.79 Å². The molecule has 0 aliphatic carbocycles. The summed E-state index contributed by atoms with van der Waals surface area (Å²) in [5.41, 5.74) is 8.76. The van der Waals surface area contributed by atoms with Gasteiger partial charge in [0.2, 0.25) is 5.91 Å². The van der Waals surface area contributed by atoms with Gasteiger partial charge < -0.3 is 16.0 Å². The molecule has 0 radical (unpaired) electrons. The third kappa shape index (κ3) is 3.77. The van der Waals surface area contributed by atoms with E-state index in [0.29, 0.717) is 29.1 Å². The van der Waals surface area contributed by atoms with E-state index in [9.17, 15) is 9.59 Å². The zero-order valence-electron chi connectivity index (χ0n) is 13.1. The third-order valence-electron chi connectivity index (χ3n) is 3.72. The number of nitrogens with one attached hydrogen (secondary N) is 2. The van der Waals surface area contributed by atoms with Crippen molar-refractivity contribution in [2.24, 2.45) is 0 Å². The second-order valence-electron chi connectivity index (χ2n) is 5.34. The van der Waals surface area contributed by atoms with Gasteiger partial charge in [0.15, 0.2) is 0 Å². The van der Waals surface area contributed by atoms with Gasteiger partial charge in [-0.1, -0.05) is 0 Å². The summed E-state index contributed by atoms with van der Waals surface area (Å²) >= 11 is 0. The van der Waals surface area contributed by atoms with Crippen molar-refractivity contribution in [3.8, 4) is 6.07 Å². The number of amides is 1. The van der Waals surface area contributed by atoms with Gasteiger partial charge in [0.05, 0.1) is 0 Å². The van der Waals surface area contributed by atoms with Gasteiger partial charge >= 0.3 is 0 Å². The first-order valence-corrected chi connectivity index (χ1v) is 7.20. The summed E-state index contributed by atoms with van der Waals surface area (Å²) in [7, 11) is 0. The van der Waals surface area contributed by atoms with Crippen LogP contribution in [0.2, 0.25) is 0 Å². The van der Waals surface area contributed by atoms with Crippen LogP contribution in [-0.4, -0.2) is 10.9 Å². The number of pyridine rings is 1. The molecule has 23 heavy (non-hydrogen) atoms. The van der Waals surface area contributed by atoms with Gasteiger partial charge in [0.1, 0.15) is 11.6 Å². The maximum atomic E-state index is 12.0. The predicted octanol–water partition coefficient (Wildman–Crippen LogP) is 2.02. The standard InChI is InChI=1S/C17H18N4O2/c1-10-14(11(2)20-17(23)15(10)9-18)7-8-16(22)21-13-5-3-12(19)4-6-13/h3-6H,7-8,19H2,1-2H3,(H,20,23)(H,21,22). The highest BCUT2D eigenvalue weighted by Gasteiger charge is 2.13. The average Bonchev–Trinajstić information content (AvgIpc) is 2.49. The molecule has 6 nitrogen and oxygen atoms in total. The summed E-state index contributed by atoms with van der Waals surface area (Å²) in [6.07, 6.45) is 0.701. The number of aromatic nitrogens is 1. The molecular formula is C17H18N4O2. The predicted molar refractivity (Wildman–Crippen MR) is 89.1 cm³/mol. The number of carbonyl (C=O) groups excluding carboxylic acids is 1. The van der Waals surface area contributed by atoms with Crippen LogP contribution >= 0.6 is 0 Å². The summed E-state index contributed by atoms with van der Waals surface area (Å²) in [5, 5.41) is 11.8. The minimum Gasteiger partial charge on any atom is -0.399 e. The average molecular weight is 310 g/mol. The largest absolute Gasteiger partial charge is 0.399 e. The fourth-order valence-electron chi connectivity index (χ4n) is 2.45. The second-order valence-corrected chi connectivity index (χ2v) is 5.34. The molecule has 0 spiro atoms. The summed E-state index contributed by atoms with van der Waals surface area (Å²) in [5.74, 6) is -0.140. The monoisotopic (exact) mass is 310 g/mol. The van der Waals surface area contributed by atoms with Crippen LogP contribution in [0.15, 0.2) is 29.1 Å². The second kappa shape index (κ2) is 6.79. The molecule has 2 rings (SSSR count). The smallest absolute Gasteiger partial charge is 0.266 e. The highest BCUT2D eigenvalue weighted by molar-refractivity contribution is 5.91. The van der Waals surface area contributed by atoms with E-state index in [2.05, 4.69) is 10.3 Å². The first-order valence-electron chi connectivity index (χ1n) is 7.20. The lowest BCUT2D eigenvalue weighted by atomic mass is 9.99. The third-order valence-corrected chi connectivity index (χ3v) is 3.72. The fraction of sp³-hybridized carbons (Fsp3) is 0.235. The summed E-state index contributed by atoms with van der Waals surface area (Å²) < 4.78 is 0. The van der Waals surface area contributed by atoms with Crippen LogP contribution in [0.3, 0.4) is 0 Å². The molecule has 0 aliphatic heterocycles. The van der Waals surface area contributed by atoms with E-state index < -0.39 is 5.56 Å². The normalized spacial score (nSPS) is 10.1. The van der Waals surface area contributed by atoms with Gasteiger partial charge in [0.25, 0.3) is 5.56 Å². The van der Waals surface area contributed by atoms with Crippen molar-refractivity contribution in [2.45, 2.75) is 26.7 Å². The Balaban J connectivity index is 2.09. The molecule has 4 N–H and O–H groups in total. The van der Waals surface area contributed by atoms with Crippen LogP contribution in [0.25, 0.3) is 0 Å². The van der Waals surface area contributed by atoms with Crippen molar-refractivity contribution >= 4 is 17.3 Å². The highest BCUT2D eigenvalue weighted by atomic mass is 16.1. The van der Waals surface area contributed by atoms with E-state index in [0.717, 1.165) is 5.56 Å². The molecule has 1 aromatic heterocycles. The highest BCUT2D eigenvalue weighted by Crippen LogP contribution is 2.16. The number of aromatic amines is 1. The zero-order chi connectivity index (χ0) is 17.0. The molecule has 0 saturated heterocycles. The van der Waals surface area contributed by atoms with Crippen molar-refractivity contribution in [3.05, 3.63) is 57.0 Å². The number of nitriles is 1. The number of aryl methyl sites for hydroxylation is 1. The number of benzene rings is 1. The topological polar surface area (TPSA) is 112 Å². The SMILES string of the molecule is Cc1[nH]c(=O)c(C#N)c(C)c1CCC(=O)Nc1ccc(N)cc1. The summed E-state index contributed by atoms with van der Waals surface area (Å²) in [6, 6.07) is 8.80. The number of anilines is 2. The number of nitrogen functional groups attached to an aromatic ring is 1. The molecule has 118 valence electrons. The Morgan fingerprint density at radius 3 is 2.57 bits per heavy atom. The molecule has 0 aliphatic rings. The van der Waals surface area contributed by atoms with Crippen molar-refractivity contribution in [3.63, 3.8) is 0 Å². The molecule has 0 bridgehead atoms. The van der Waals surface area contributed by atoms with Crippen molar-refractivity contribution in [1.29, 1.82) is 5.26 Å². The van der Waals surface area contributed by atoms with Crippen molar-refractivity contribution in [1.82, 2.24) is 4.98 Å². The van der Waals surface area contributed by atoms with Gasteiger partial charge in [0, 0.05) is 23.5 Å². The maximum Gasteiger partial charge on any atom is 0.266 e. The molecule has 0 atom stereocenters. The lowest BCUT2D eigenvalue weighted by molar-refractivity contribution is -0.116. The van der Waals surface area contributed by atoms with Gasteiger partial charge in [-0.2, -0.15) is 5.26 Å². The van der Waals surface area contributed by atoms with Gasteiger partial charge in [-0.3, -0.25) is 9.59 Å². The number of hydrogen-bond acceptors (Lipinski definition) is 4. The van der Waals surface area contributed by atoms with Crippen LogP contribution in [0.1, 0.15) is 28.8 Å². The first-order chi connectivity index (χ1) is 10.9. The van der Waals surface area contributed by atoms with Crippen LogP contribution in [0.5, 0.6) is 0 Å². The molecule has 0 saturated carbocycles. The molecule has 1 amide bonds. The van der Waals surface area contributed by atoms with Crippen molar-refractivity contribution in [2.75, 3.05) is 11.1 Å². The van der Waals surface area contributed by atoms with E-state index >= 15 is 0 Å². The number of nitrogens with zero attached hydrogens (tertiary/aromatic N) is 1. The van der Waals surface area contributed by atoms with E-state index in [4.69, 9.17) is 11.0 Å². The molecule has 2 aromatic rings. The van der Waals surface area contributed by atoms with Crippen LogP contribution in [0.4, 0.5) is 11.4 Å². The van der Waals surface area contributed by atoms with Crippen LogP contribution < -0.4 is 16.6 Å². The lowest BCUT2D eigenvalue weighted by Crippen LogP contribution is -2.18. The molecule has 6 heteroatoms. The molecule has 0 fully saturated rings. The minimum atomic E-state index is -0.391. The Hall–Kier alpha value is -3.07. The Morgan fingerprint density at radius 2 is 1.96 bits per heavy atom. The number of H-pyrrole nitrogens is 1. The zero-order valence-corrected chi connectivity index (χ0v) is 13.1. The summed E-state index contributed by atoms with van der Waals surface area (Å²) in [6.45, 7) is 3.50. The minimum absolute atomic E-state index is 0.101. The summed E-state index contributed by atoms with van der Waals surface area (Å²) in [4.78, 5) is 26.4. The Labute approximate surface area is 134 Å². The van der Waals surface area contributed by atoms with Crippen LogP contribution in [-0.2, 0) is 11.2 Å². The molecule has 1 heterocycles. The Bertz CT molecular complexity index is 829. The van der Waals surface area contributed by atoms with E-state index in [1.165, 1.54) is 0 Å². The van der Waals surface area contributed by atoms with E-state index in [1.54, 1.807) is 38.1 Å². The van der Waals surface area contributed by atoms with E-state index in [1.807, 2.05) is 6.07 Å². The Morgan fingerprint density at radius 1 is 1.30 bits per heavy atom. The number of carbonyl (C=O) groups is 1. The van der Waals surface area contributed by atoms with Crippen LogP contribution in [0, 0.1) is 25.2 Å². The van der Waals surface area contributed by atoms with E-state index in [-0.39, 0.29) is 17.9 Å². The quantitative estimate of drug-likeness (QED) is 0.750. The lowest BCUT2D eigenvalue weighted by Gasteiger charge is -2.11. The van der Waals surface area contributed by atoms with Gasteiger partial charge in [-0.25, -0.2) is 0 Å². The van der Waals surface area contributed by atoms with Gasteiger partial charge in [-0.05, 0) is 55.7 Å². The molecule has 1 aromatic carbocycles. The van der Waals surface area contributed by atoms with Gasteiger partial charge in [-0.15, -0.1) is 0 Å².